The van der Waals surface area contributed by atoms with Gasteiger partial charge in [0.15, 0.2) is 0 Å². The average Bonchev–Trinajstić information content (AvgIpc) is 2.74. The monoisotopic (exact) mass is 482 g/mol. The Bertz CT molecular complexity index is 1310. The Hall–Kier alpha value is -3.28. The third-order valence-corrected chi connectivity index (χ3v) is 5.93. The van der Waals surface area contributed by atoms with Gasteiger partial charge in [-0.3, -0.25) is 18.7 Å². The maximum absolute atomic E-state index is 12.9. The molecule has 0 aliphatic heterocycles. The molecule has 1 N–H and O–H groups in total. The topological polar surface area (TPSA) is 95.2 Å². The Labute approximate surface area is 190 Å². The second kappa shape index (κ2) is 9.30. The van der Waals surface area contributed by atoms with Crippen molar-refractivity contribution in [3.63, 3.8) is 0 Å². The lowest BCUT2D eigenvalue weighted by Gasteiger charge is -2.16. The number of thioether (sulfide) groups is 1. The van der Waals surface area contributed by atoms with Gasteiger partial charge in [-0.05, 0) is 35.7 Å². The van der Waals surface area contributed by atoms with Crippen LogP contribution in [-0.2, 0) is 18.9 Å². The number of ether oxygens (including phenoxy) is 1. The molecule has 2 heterocycles. The van der Waals surface area contributed by atoms with E-state index >= 15 is 0 Å². The first-order valence-electron chi connectivity index (χ1n) is 9.76. The number of carbonyl (C=O) groups is 1. The molecular formula is C21H21F3N4O4S. The first-order chi connectivity index (χ1) is 15.4. The molecule has 0 radical (unpaired) electrons. The number of halogens is 3. The molecule has 0 fully saturated rings. The summed E-state index contributed by atoms with van der Waals surface area (Å²) in [4.78, 5) is 42.5. The summed E-state index contributed by atoms with van der Waals surface area (Å²) in [5.41, 5.74) is 0.243. The molecule has 3 rings (SSSR count). The van der Waals surface area contributed by atoms with E-state index in [0.29, 0.717) is 4.90 Å². The predicted octanol–water partition coefficient (Wildman–Crippen LogP) is 3.39. The van der Waals surface area contributed by atoms with Crippen LogP contribution in [0.1, 0.15) is 25.3 Å². The van der Waals surface area contributed by atoms with E-state index in [-0.39, 0.29) is 28.4 Å². The summed E-state index contributed by atoms with van der Waals surface area (Å²) in [6, 6.07) is 4.76. The molecule has 2 aromatic heterocycles. The van der Waals surface area contributed by atoms with E-state index in [2.05, 4.69) is 15.0 Å². The number of aryl methyl sites for hydroxylation is 1. The number of pyridine rings is 1. The van der Waals surface area contributed by atoms with Crippen LogP contribution in [0.3, 0.4) is 0 Å². The molecule has 0 unspecified atom stereocenters. The van der Waals surface area contributed by atoms with E-state index in [1.54, 1.807) is 6.20 Å². The van der Waals surface area contributed by atoms with Crippen LogP contribution in [0.25, 0.3) is 11.0 Å². The standard InChI is InChI=1S/C21H21F3N4O4S/c1-11(2)14-9-25-18-16(19(30)28(4)20(31)27(18)3)17(14)33-10-15(29)26-12-5-7-13(8-6-12)32-21(22,23)24/h5-9,11H,10H2,1-4H3,(H,26,29). The molecule has 0 atom stereocenters. The van der Waals surface area contributed by atoms with E-state index < -0.39 is 29.3 Å². The number of rotatable bonds is 6. The smallest absolute Gasteiger partial charge is 0.406 e. The van der Waals surface area contributed by atoms with Crippen molar-refractivity contribution in [2.75, 3.05) is 11.1 Å². The van der Waals surface area contributed by atoms with Crippen LogP contribution in [-0.4, -0.2) is 32.1 Å². The zero-order valence-electron chi connectivity index (χ0n) is 18.2. The second-order valence-electron chi connectivity index (χ2n) is 7.51. The lowest BCUT2D eigenvalue weighted by Crippen LogP contribution is -2.37. The molecule has 1 amide bonds. The molecule has 3 aromatic rings. The van der Waals surface area contributed by atoms with Crippen molar-refractivity contribution in [2.45, 2.75) is 31.0 Å². The van der Waals surface area contributed by atoms with Crippen molar-refractivity contribution in [3.05, 3.63) is 56.9 Å². The number of carbonyl (C=O) groups excluding carboxylic acids is 1. The average molecular weight is 482 g/mol. The molecule has 0 saturated carbocycles. The maximum atomic E-state index is 12.9. The van der Waals surface area contributed by atoms with Gasteiger partial charge < -0.3 is 10.1 Å². The SMILES string of the molecule is CC(C)c1cnc2c(c1SCC(=O)Nc1ccc(OC(F)(F)F)cc1)c(=O)n(C)c(=O)n2C. The number of nitrogens with one attached hydrogen (secondary N) is 1. The third-order valence-electron chi connectivity index (χ3n) is 4.79. The van der Waals surface area contributed by atoms with Gasteiger partial charge in [0.2, 0.25) is 5.91 Å². The zero-order chi connectivity index (χ0) is 24.5. The van der Waals surface area contributed by atoms with Crippen LogP contribution in [0, 0.1) is 0 Å². The van der Waals surface area contributed by atoms with Crippen LogP contribution in [0.4, 0.5) is 18.9 Å². The van der Waals surface area contributed by atoms with Gasteiger partial charge in [-0.1, -0.05) is 13.8 Å². The van der Waals surface area contributed by atoms with Gasteiger partial charge in [-0.15, -0.1) is 24.9 Å². The van der Waals surface area contributed by atoms with E-state index in [9.17, 15) is 27.6 Å². The van der Waals surface area contributed by atoms with E-state index in [1.807, 2.05) is 13.8 Å². The highest BCUT2D eigenvalue weighted by atomic mass is 32.2. The van der Waals surface area contributed by atoms with Gasteiger partial charge in [-0.2, -0.15) is 0 Å². The molecule has 0 spiro atoms. The van der Waals surface area contributed by atoms with Crippen molar-refractivity contribution in [1.82, 2.24) is 14.1 Å². The van der Waals surface area contributed by atoms with Gasteiger partial charge in [-0.25, -0.2) is 9.78 Å². The number of hydrogen-bond acceptors (Lipinski definition) is 6. The van der Waals surface area contributed by atoms with Gasteiger partial charge in [0.1, 0.15) is 11.4 Å². The van der Waals surface area contributed by atoms with Crippen molar-refractivity contribution < 1.29 is 22.7 Å². The van der Waals surface area contributed by atoms with Crippen molar-refractivity contribution in [2.24, 2.45) is 14.1 Å². The quantitative estimate of drug-likeness (QED) is 0.542. The lowest BCUT2D eigenvalue weighted by atomic mass is 10.0. The maximum Gasteiger partial charge on any atom is 0.573 e. The Morgan fingerprint density at radius 2 is 1.79 bits per heavy atom. The molecule has 0 saturated heterocycles. The van der Waals surface area contributed by atoms with E-state index in [1.165, 1.54) is 30.8 Å². The van der Waals surface area contributed by atoms with Gasteiger partial charge in [0, 0.05) is 30.9 Å². The van der Waals surface area contributed by atoms with Crippen molar-refractivity contribution in [1.29, 1.82) is 0 Å². The Morgan fingerprint density at radius 3 is 2.36 bits per heavy atom. The number of anilines is 1. The van der Waals surface area contributed by atoms with Crippen molar-refractivity contribution >= 4 is 34.4 Å². The molecule has 12 heteroatoms. The minimum atomic E-state index is -4.80. The minimum absolute atomic E-state index is 0.00409. The van der Waals surface area contributed by atoms with Crippen LogP contribution in [0.5, 0.6) is 5.75 Å². The fraction of sp³-hybridized carbons (Fsp3) is 0.333. The summed E-state index contributed by atoms with van der Waals surface area (Å²) in [7, 11) is 2.89. The van der Waals surface area contributed by atoms with E-state index in [4.69, 9.17) is 0 Å². The van der Waals surface area contributed by atoms with Gasteiger partial charge in [0.05, 0.1) is 11.1 Å². The van der Waals surface area contributed by atoms with Crippen LogP contribution in [0.15, 0.2) is 44.9 Å². The summed E-state index contributed by atoms with van der Waals surface area (Å²) >= 11 is 1.13. The highest BCUT2D eigenvalue weighted by Crippen LogP contribution is 2.32. The Kier molecular flexibility index (Phi) is 6.86. The zero-order valence-corrected chi connectivity index (χ0v) is 19.0. The fourth-order valence-corrected chi connectivity index (χ4v) is 4.28. The Morgan fingerprint density at radius 1 is 1.15 bits per heavy atom. The number of amides is 1. The summed E-state index contributed by atoms with van der Waals surface area (Å²) in [5, 5.41) is 2.84. The Balaban J connectivity index is 1.86. The molecule has 33 heavy (non-hydrogen) atoms. The highest BCUT2D eigenvalue weighted by Gasteiger charge is 2.31. The third kappa shape index (κ3) is 5.38. The van der Waals surface area contributed by atoms with Gasteiger partial charge >= 0.3 is 12.1 Å². The lowest BCUT2D eigenvalue weighted by molar-refractivity contribution is -0.274. The molecule has 0 aliphatic rings. The number of benzene rings is 1. The molecule has 8 nitrogen and oxygen atoms in total. The number of nitrogens with zero attached hydrogens (tertiary/aromatic N) is 3. The molecule has 1 aromatic carbocycles. The predicted molar refractivity (Wildman–Crippen MR) is 119 cm³/mol. The number of fused-ring (bicyclic) bond motifs is 1. The summed E-state index contributed by atoms with van der Waals surface area (Å²) in [5.74, 6) is -0.909. The number of hydrogen-bond donors (Lipinski definition) is 1. The number of aromatic nitrogens is 3. The normalized spacial score (nSPS) is 11.8. The summed E-state index contributed by atoms with van der Waals surface area (Å²) < 4.78 is 42.9. The van der Waals surface area contributed by atoms with Crippen LogP contribution in [0.2, 0.25) is 0 Å². The first-order valence-corrected chi connectivity index (χ1v) is 10.7. The summed E-state index contributed by atoms with van der Waals surface area (Å²) in [6.45, 7) is 3.84. The molecule has 0 aliphatic carbocycles. The largest absolute Gasteiger partial charge is 0.573 e. The van der Waals surface area contributed by atoms with Crippen LogP contribution >= 0.6 is 11.8 Å². The molecular weight excluding hydrogens is 461 g/mol. The molecule has 0 bridgehead atoms. The highest BCUT2D eigenvalue weighted by molar-refractivity contribution is 8.00. The van der Waals surface area contributed by atoms with Crippen LogP contribution < -0.4 is 21.3 Å². The minimum Gasteiger partial charge on any atom is -0.406 e. The van der Waals surface area contributed by atoms with Gasteiger partial charge in [0.25, 0.3) is 5.56 Å². The number of alkyl halides is 3. The second-order valence-corrected chi connectivity index (χ2v) is 8.50. The fourth-order valence-electron chi connectivity index (χ4n) is 3.16. The summed E-state index contributed by atoms with van der Waals surface area (Å²) in [6.07, 6.45) is -3.21. The van der Waals surface area contributed by atoms with Crippen molar-refractivity contribution in [3.8, 4) is 5.75 Å². The van der Waals surface area contributed by atoms with E-state index in [0.717, 1.165) is 34.0 Å². The molecule has 176 valence electrons. The first kappa shape index (κ1) is 24.4.